The largest absolute Gasteiger partial charge is 0.465 e. The summed E-state index contributed by atoms with van der Waals surface area (Å²) in [5.41, 5.74) is 1.49. The number of piperidine rings is 1. The first-order chi connectivity index (χ1) is 9.06. The van der Waals surface area contributed by atoms with Gasteiger partial charge in [0, 0.05) is 25.8 Å². The van der Waals surface area contributed by atoms with Gasteiger partial charge in [-0.3, -0.25) is 4.79 Å². The molecule has 0 atom stereocenters. The predicted octanol–water partition coefficient (Wildman–Crippen LogP) is 1.67. The molecule has 0 bridgehead atoms. The second kappa shape index (κ2) is 3.98. The minimum absolute atomic E-state index is 0.0961. The number of rotatable bonds is 0. The summed E-state index contributed by atoms with van der Waals surface area (Å²) in [7, 11) is 1.79. The SMILES string of the molecule is CN1C(=O)C2(CCN(C(=O)O)CC2)c2ccccc21. The van der Waals surface area contributed by atoms with Crippen LogP contribution in [0.25, 0.3) is 0 Å². The van der Waals surface area contributed by atoms with Gasteiger partial charge in [-0.05, 0) is 24.5 Å². The van der Waals surface area contributed by atoms with E-state index in [0.717, 1.165) is 11.3 Å². The molecular formula is C14H16N2O3. The minimum atomic E-state index is -0.901. The first-order valence-corrected chi connectivity index (χ1v) is 6.42. The zero-order chi connectivity index (χ0) is 13.6. The summed E-state index contributed by atoms with van der Waals surface area (Å²) in [6, 6.07) is 7.81. The van der Waals surface area contributed by atoms with Gasteiger partial charge in [0.25, 0.3) is 0 Å². The monoisotopic (exact) mass is 260 g/mol. The third-order valence-electron chi connectivity index (χ3n) is 4.38. The third-order valence-corrected chi connectivity index (χ3v) is 4.38. The van der Waals surface area contributed by atoms with E-state index < -0.39 is 11.5 Å². The van der Waals surface area contributed by atoms with Crippen LogP contribution >= 0.6 is 0 Å². The number of carboxylic acid groups (broad SMARTS) is 1. The number of likely N-dealkylation sites (N-methyl/N-ethyl adjacent to an activating group) is 1. The Morgan fingerprint density at radius 2 is 1.89 bits per heavy atom. The van der Waals surface area contributed by atoms with Crippen molar-refractivity contribution in [1.82, 2.24) is 4.90 Å². The molecule has 3 rings (SSSR count). The molecule has 5 nitrogen and oxygen atoms in total. The van der Waals surface area contributed by atoms with Gasteiger partial charge in [-0.1, -0.05) is 18.2 Å². The number of fused-ring (bicyclic) bond motifs is 2. The molecule has 2 heterocycles. The highest BCUT2D eigenvalue weighted by molar-refractivity contribution is 6.07. The number of anilines is 1. The fourth-order valence-corrected chi connectivity index (χ4v) is 3.28. The number of para-hydroxylation sites is 1. The smallest absolute Gasteiger partial charge is 0.407 e. The summed E-state index contributed by atoms with van der Waals surface area (Å²) < 4.78 is 0. The number of carbonyl (C=O) groups excluding carboxylic acids is 1. The van der Waals surface area contributed by atoms with Crippen molar-refractivity contribution >= 4 is 17.7 Å². The Labute approximate surface area is 111 Å². The Morgan fingerprint density at radius 3 is 2.53 bits per heavy atom. The van der Waals surface area contributed by atoms with E-state index in [1.807, 2.05) is 24.3 Å². The van der Waals surface area contributed by atoms with Crippen molar-refractivity contribution in [2.24, 2.45) is 0 Å². The van der Waals surface area contributed by atoms with E-state index in [2.05, 4.69) is 0 Å². The van der Waals surface area contributed by atoms with Crippen LogP contribution in [0.4, 0.5) is 10.5 Å². The summed E-state index contributed by atoms with van der Waals surface area (Å²) >= 11 is 0. The second-order valence-electron chi connectivity index (χ2n) is 5.23. The number of amides is 2. The van der Waals surface area contributed by atoms with Crippen LogP contribution < -0.4 is 4.90 Å². The molecule has 1 spiro atoms. The van der Waals surface area contributed by atoms with Crippen LogP contribution in [-0.2, 0) is 10.2 Å². The molecule has 0 aromatic heterocycles. The first kappa shape index (κ1) is 12.0. The standard InChI is InChI=1S/C14H16N2O3/c1-15-11-5-3-2-4-10(11)14(12(15)17)6-8-16(9-7-14)13(18)19/h2-5H,6-9H2,1H3,(H,18,19). The molecule has 2 amide bonds. The average molecular weight is 260 g/mol. The molecule has 0 radical (unpaired) electrons. The lowest BCUT2D eigenvalue weighted by Crippen LogP contribution is -2.49. The van der Waals surface area contributed by atoms with Crippen molar-refractivity contribution in [3.05, 3.63) is 29.8 Å². The zero-order valence-electron chi connectivity index (χ0n) is 10.8. The molecule has 2 aliphatic rings. The maximum Gasteiger partial charge on any atom is 0.407 e. The molecule has 100 valence electrons. The molecule has 1 aromatic rings. The fraction of sp³-hybridized carbons (Fsp3) is 0.429. The van der Waals surface area contributed by atoms with Crippen LogP contribution in [0.1, 0.15) is 18.4 Å². The van der Waals surface area contributed by atoms with Crippen LogP contribution in [0.5, 0.6) is 0 Å². The van der Waals surface area contributed by atoms with E-state index in [9.17, 15) is 9.59 Å². The van der Waals surface area contributed by atoms with Crippen molar-refractivity contribution in [3.8, 4) is 0 Å². The Balaban J connectivity index is 1.98. The lowest BCUT2D eigenvalue weighted by Gasteiger charge is -2.37. The maximum absolute atomic E-state index is 12.6. The van der Waals surface area contributed by atoms with E-state index in [1.54, 1.807) is 11.9 Å². The van der Waals surface area contributed by atoms with Crippen LogP contribution in [0, 0.1) is 0 Å². The summed E-state index contributed by atoms with van der Waals surface area (Å²) in [6.07, 6.45) is 0.237. The van der Waals surface area contributed by atoms with Gasteiger partial charge >= 0.3 is 6.09 Å². The third kappa shape index (κ3) is 1.54. The molecule has 5 heteroatoms. The van der Waals surface area contributed by atoms with Crippen molar-refractivity contribution in [2.75, 3.05) is 25.0 Å². The van der Waals surface area contributed by atoms with Crippen LogP contribution in [0.2, 0.25) is 0 Å². The molecule has 0 saturated carbocycles. The number of hydrogen-bond acceptors (Lipinski definition) is 2. The molecule has 0 aliphatic carbocycles. The number of carbonyl (C=O) groups is 2. The van der Waals surface area contributed by atoms with Crippen LogP contribution in [0.15, 0.2) is 24.3 Å². The van der Waals surface area contributed by atoms with Gasteiger partial charge in [0.15, 0.2) is 0 Å². The summed E-state index contributed by atoms with van der Waals surface area (Å²) in [5, 5.41) is 9.01. The van der Waals surface area contributed by atoms with Crippen molar-refractivity contribution in [3.63, 3.8) is 0 Å². The number of nitrogens with zero attached hydrogens (tertiary/aromatic N) is 2. The van der Waals surface area contributed by atoms with E-state index in [4.69, 9.17) is 5.11 Å². The topological polar surface area (TPSA) is 60.9 Å². The van der Waals surface area contributed by atoms with Gasteiger partial charge in [-0.25, -0.2) is 4.79 Å². The molecule has 2 aliphatic heterocycles. The maximum atomic E-state index is 12.6. The molecule has 1 aromatic carbocycles. The number of hydrogen-bond donors (Lipinski definition) is 1. The second-order valence-corrected chi connectivity index (χ2v) is 5.23. The fourth-order valence-electron chi connectivity index (χ4n) is 3.28. The Kier molecular flexibility index (Phi) is 2.52. The van der Waals surface area contributed by atoms with E-state index in [-0.39, 0.29) is 5.91 Å². The van der Waals surface area contributed by atoms with Crippen molar-refractivity contribution in [2.45, 2.75) is 18.3 Å². The molecular weight excluding hydrogens is 244 g/mol. The van der Waals surface area contributed by atoms with Crippen molar-refractivity contribution < 1.29 is 14.7 Å². The normalized spacial score (nSPS) is 20.8. The predicted molar refractivity (Wildman–Crippen MR) is 70.4 cm³/mol. The van der Waals surface area contributed by atoms with Gasteiger partial charge in [-0.2, -0.15) is 0 Å². The van der Waals surface area contributed by atoms with Crippen molar-refractivity contribution in [1.29, 1.82) is 0 Å². The molecule has 1 N–H and O–H groups in total. The highest BCUT2D eigenvalue weighted by Crippen LogP contribution is 2.47. The zero-order valence-corrected chi connectivity index (χ0v) is 10.8. The molecule has 19 heavy (non-hydrogen) atoms. The quantitative estimate of drug-likeness (QED) is 0.772. The lowest BCUT2D eigenvalue weighted by molar-refractivity contribution is -0.124. The van der Waals surface area contributed by atoms with Gasteiger partial charge in [-0.15, -0.1) is 0 Å². The Bertz CT molecular complexity index is 547. The van der Waals surface area contributed by atoms with Gasteiger partial charge in [0.2, 0.25) is 5.91 Å². The number of likely N-dealkylation sites (tertiary alicyclic amines) is 1. The van der Waals surface area contributed by atoms with Crippen LogP contribution in [-0.4, -0.2) is 42.1 Å². The van der Waals surface area contributed by atoms with Crippen LogP contribution in [0.3, 0.4) is 0 Å². The lowest BCUT2D eigenvalue weighted by atomic mass is 9.74. The first-order valence-electron chi connectivity index (χ1n) is 6.42. The van der Waals surface area contributed by atoms with E-state index >= 15 is 0 Å². The van der Waals surface area contributed by atoms with Gasteiger partial charge in [0.1, 0.15) is 0 Å². The summed E-state index contributed by atoms with van der Waals surface area (Å²) in [5.74, 6) is 0.0961. The highest BCUT2D eigenvalue weighted by Gasteiger charge is 2.51. The molecule has 0 unspecified atom stereocenters. The molecule has 1 saturated heterocycles. The van der Waals surface area contributed by atoms with E-state index in [0.29, 0.717) is 25.9 Å². The van der Waals surface area contributed by atoms with E-state index in [1.165, 1.54) is 4.90 Å². The highest BCUT2D eigenvalue weighted by atomic mass is 16.4. The Morgan fingerprint density at radius 1 is 1.26 bits per heavy atom. The Hall–Kier alpha value is -2.04. The van der Waals surface area contributed by atoms with Gasteiger partial charge < -0.3 is 14.9 Å². The van der Waals surface area contributed by atoms with Gasteiger partial charge in [0.05, 0.1) is 5.41 Å². The summed E-state index contributed by atoms with van der Waals surface area (Å²) in [4.78, 5) is 26.6. The minimum Gasteiger partial charge on any atom is -0.465 e. The summed E-state index contributed by atoms with van der Waals surface area (Å²) in [6.45, 7) is 0.840. The number of benzene rings is 1. The molecule has 1 fully saturated rings. The average Bonchev–Trinajstić information content (AvgIpc) is 2.63.